The first-order valence-corrected chi connectivity index (χ1v) is 6.79. The highest BCUT2D eigenvalue weighted by atomic mass is 19.4. The predicted molar refractivity (Wildman–Crippen MR) is 72.2 cm³/mol. The lowest BCUT2D eigenvalue weighted by atomic mass is 9.89. The minimum atomic E-state index is -5.61. The topological polar surface area (TPSA) is 18.5 Å². The van der Waals surface area contributed by atoms with Gasteiger partial charge in [0.05, 0.1) is 18.6 Å². The second kappa shape index (κ2) is 6.81. The van der Waals surface area contributed by atoms with Crippen molar-refractivity contribution in [1.82, 2.24) is 0 Å². The third-order valence-electron chi connectivity index (χ3n) is 3.36. The number of ether oxygens (including phenoxy) is 2. The first kappa shape index (κ1) is 18.7. The molecular weight excluding hydrogens is 307 g/mol. The molecule has 0 amide bonds. The zero-order chi connectivity index (χ0) is 17.0. The van der Waals surface area contributed by atoms with Crippen molar-refractivity contribution < 1.29 is 31.4 Å². The third-order valence-corrected chi connectivity index (χ3v) is 3.36. The van der Waals surface area contributed by atoms with Crippen LogP contribution in [-0.4, -0.2) is 25.8 Å². The van der Waals surface area contributed by atoms with Gasteiger partial charge in [0, 0.05) is 7.11 Å². The molecule has 0 aliphatic carbocycles. The molecule has 1 atom stereocenters. The van der Waals surface area contributed by atoms with Crippen molar-refractivity contribution in [3.05, 3.63) is 29.8 Å². The maximum Gasteiger partial charge on any atom is 0.453 e. The minimum Gasteiger partial charge on any atom is -0.494 e. The third kappa shape index (κ3) is 4.32. The first-order chi connectivity index (χ1) is 10.1. The normalized spacial score (nSPS) is 15.5. The molecule has 0 fully saturated rings. The van der Waals surface area contributed by atoms with E-state index in [0.29, 0.717) is 12.4 Å². The predicted octanol–water partition coefficient (Wildman–Crippen LogP) is 4.92. The van der Waals surface area contributed by atoms with E-state index in [1.165, 1.54) is 31.2 Å². The van der Waals surface area contributed by atoms with Gasteiger partial charge in [0.1, 0.15) is 5.75 Å². The smallest absolute Gasteiger partial charge is 0.453 e. The molecule has 0 saturated heterocycles. The van der Waals surface area contributed by atoms with E-state index >= 15 is 0 Å². The Morgan fingerprint density at radius 2 is 1.55 bits per heavy atom. The number of benzene rings is 1. The maximum atomic E-state index is 13.3. The van der Waals surface area contributed by atoms with Crippen molar-refractivity contribution in [1.29, 1.82) is 0 Å². The molecule has 0 heterocycles. The van der Waals surface area contributed by atoms with Crippen LogP contribution in [0.15, 0.2) is 24.3 Å². The van der Waals surface area contributed by atoms with E-state index < -0.39 is 24.1 Å². The Kier molecular flexibility index (Phi) is 5.78. The van der Waals surface area contributed by atoms with Crippen LogP contribution in [0.3, 0.4) is 0 Å². The fourth-order valence-corrected chi connectivity index (χ4v) is 1.94. The van der Waals surface area contributed by atoms with Gasteiger partial charge in [-0.05, 0) is 31.0 Å². The van der Waals surface area contributed by atoms with E-state index in [0.717, 1.165) is 13.5 Å². The minimum absolute atomic E-state index is 0.225. The summed E-state index contributed by atoms with van der Waals surface area (Å²) < 4.78 is 74.1. The standard InChI is InChI=1S/C15H19F5O2/c1-4-9-22-12-7-5-11(6-8-12)13(2,21-3)10-14(16,17)15(18,19)20/h5-8H,4,9-10H2,1-3H3. The number of methoxy groups -OCH3 is 1. The van der Waals surface area contributed by atoms with Gasteiger partial charge < -0.3 is 9.47 Å². The quantitative estimate of drug-likeness (QED) is 0.662. The van der Waals surface area contributed by atoms with Gasteiger partial charge in [0.15, 0.2) is 0 Å². The van der Waals surface area contributed by atoms with Crippen LogP contribution in [0.4, 0.5) is 22.0 Å². The second-order valence-electron chi connectivity index (χ2n) is 5.19. The van der Waals surface area contributed by atoms with E-state index in [9.17, 15) is 22.0 Å². The van der Waals surface area contributed by atoms with Crippen molar-refractivity contribution in [3.63, 3.8) is 0 Å². The van der Waals surface area contributed by atoms with E-state index in [4.69, 9.17) is 9.47 Å². The summed E-state index contributed by atoms with van der Waals surface area (Å²) in [5, 5.41) is 0. The SMILES string of the molecule is CCCOc1ccc(C(C)(CC(F)(F)C(F)(F)F)OC)cc1. The summed E-state index contributed by atoms with van der Waals surface area (Å²) in [5.41, 5.74) is -1.54. The van der Waals surface area contributed by atoms with Crippen LogP contribution in [0.2, 0.25) is 0 Å². The van der Waals surface area contributed by atoms with Crippen LogP contribution in [0.5, 0.6) is 5.75 Å². The average molecular weight is 326 g/mol. The zero-order valence-corrected chi connectivity index (χ0v) is 12.6. The number of hydrogen-bond acceptors (Lipinski definition) is 2. The Bertz CT molecular complexity index is 470. The lowest BCUT2D eigenvalue weighted by molar-refractivity contribution is -0.298. The summed E-state index contributed by atoms with van der Waals surface area (Å²) >= 11 is 0. The molecule has 0 aliphatic rings. The zero-order valence-electron chi connectivity index (χ0n) is 12.6. The van der Waals surface area contributed by atoms with Gasteiger partial charge >= 0.3 is 12.1 Å². The van der Waals surface area contributed by atoms with Crippen molar-refractivity contribution in [2.45, 2.75) is 44.4 Å². The molecule has 1 aromatic carbocycles. The summed E-state index contributed by atoms with van der Waals surface area (Å²) in [4.78, 5) is 0. The molecule has 1 rings (SSSR count). The van der Waals surface area contributed by atoms with E-state index in [2.05, 4.69) is 0 Å². The lowest BCUT2D eigenvalue weighted by Crippen LogP contribution is -2.43. The van der Waals surface area contributed by atoms with Crippen LogP contribution < -0.4 is 4.74 Å². The summed E-state index contributed by atoms with van der Waals surface area (Å²) in [5.74, 6) is -4.32. The molecule has 0 aliphatic heterocycles. The van der Waals surface area contributed by atoms with Crippen molar-refractivity contribution in [2.75, 3.05) is 13.7 Å². The average Bonchev–Trinajstić information content (AvgIpc) is 2.43. The molecule has 0 spiro atoms. The summed E-state index contributed by atoms with van der Waals surface area (Å²) in [6, 6.07) is 5.91. The fraction of sp³-hybridized carbons (Fsp3) is 0.600. The fourth-order valence-electron chi connectivity index (χ4n) is 1.94. The van der Waals surface area contributed by atoms with Crippen molar-refractivity contribution in [2.24, 2.45) is 0 Å². The summed E-state index contributed by atoms with van der Waals surface area (Å²) in [6.45, 7) is 3.62. The monoisotopic (exact) mass is 326 g/mol. The molecular formula is C15H19F5O2. The number of alkyl halides is 5. The number of rotatable bonds is 7. The van der Waals surface area contributed by atoms with Gasteiger partial charge in [0.25, 0.3) is 0 Å². The van der Waals surface area contributed by atoms with Crippen LogP contribution >= 0.6 is 0 Å². The van der Waals surface area contributed by atoms with Gasteiger partial charge in [-0.25, -0.2) is 0 Å². The Balaban J connectivity index is 2.98. The maximum absolute atomic E-state index is 13.3. The van der Waals surface area contributed by atoms with Gasteiger partial charge in [-0.15, -0.1) is 0 Å². The highest BCUT2D eigenvalue weighted by Crippen LogP contribution is 2.45. The molecule has 1 unspecified atom stereocenters. The Labute approximate surface area is 126 Å². The van der Waals surface area contributed by atoms with E-state index in [1.54, 1.807) is 0 Å². The van der Waals surface area contributed by atoms with Crippen LogP contribution in [0.25, 0.3) is 0 Å². The Morgan fingerprint density at radius 3 is 1.95 bits per heavy atom. The summed E-state index contributed by atoms with van der Waals surface area (Å²) in [7, 11) is 1.11. The highest BCUT2D eigenvalue weighted by Gasteiger charge is 2.60. The first-order valence-electron chi connectivity index (χ1n) is 6.79. The second-order valence-corrected chi connectivity index (χ2v) is 5.19. The largest absolute Gasteiger partial charge is 0.494 e. The lowest BCUT2D eigenvalue weighted by Gasteiger charge is -2.33. The number of hydrogen-bond donors (Lipinski definition) is 0. The van der Waals surface area contributed by atoms with Crippen LogP contribution in [-0.2, 0) is 10.3 Å². The van der Waals surface area contributed by atoms with Crippen LogP contribution in [0, 0.1) is 0 Å². The van der Waals surface area contributed by atoms with Gasteiger partial charge in [-0.2, -0.15) is 22.0 Å². The molecule has 22 heavy (non-hydrogen) atoms. The molecule has 0 radical (unpaired) electrons. The Morgan fingerprint density at radius 1 is 1.00 bits per heavy atom. The number of halogens is 5. The molecule has 0 saturated carbocycles. The molecule has 0 N–H and O–H groups in total. The van der Waals surface area contributed by atoms with Crippen molar-refractivity contribution in [3.8, 4) is 5.75 Å². The van der Waals surface area contributed by atoms with E-state index in [1.807, 2.05) is 6.92 Å². The molecule has 1 aromatic rings. The van der Waals surface area contributed by atoms with E-state index in [-0.39, 0.29) is 5.56 Å². The molecule has 2 nitrogen and oxygen atoms in total. The molecule has 0 bridgehead atoms. The molecule has 7 heteroatoms. The highest BCUT2D eigenvalue weighted by molar-refractivity contribution is 5.31. The molecule has 126 valence electrons. The molecule has 0 aromatic heterocycles. The summed E-state index contributed by atoms with van der Waals surface area (Å²) in [6.07, 6.45) is -6.30. The Hall–Kier alpha value is -1.37. The van der Waals surface area contributed by atoms with Crippen LogP contribution in [0.1, 0.15) is 32.3 Å². The van der Waals surface area contributed by atoms with Gasteiger partial charge in [-0.1, -0.05) is 19.1 Å². The van der Waals surface area contributed by atoms with Gasteiger partial charge in [-0.3, -0.25) is 0 Å². The van der Waals surface area contributed by atoms with Gasteiger partial charge in [0.2, 0.25) is 0 Å². The van der Waals surface area contributed by atoms with Crippen molar-refractivity contribution >= 4 is 0 Å².